The van der Waals surface area contributed by atoms with E-state index in [0.717, 1.165) is 11.8 Å². The molecule has 2 aromatic rings. The zero-order chi connectivity index (χ0) is 15.9. The number of aryl methyl sites for hydroxylation is 3. The Morgan fingerprint density at radius 2 is 1.62 bits per heavy atom. The summed E-state index contributed by atoms with van der Waals surface area (Å²) in [5.41, 5.74) is 1.03. The molecule has 8 heteroatoms. The molecule has 0 saturated heterocycles. The lowest BCUT2D eigenvalue weighted by atomic mass is 10.1. The van der Waals surface area contributed by atoms with E-state index in [4.69, 9.17) is 23.2 Å². The van der Waals surface area contributed by atoms with Crippen molar-refractivity contribution < 1.29 is 8.42 Å². The van der Waals surface area contributed by atoms with Gasteiger partial charge in [-0.25, -0.2) is 0 Å². The van der Waals surface area contributed by atoms with Gasteiger partial charge in [-0.3, -0.25) is 4.79 Å². The van der Waals surface area contributed by atoms with E-state index in [2.05, 4.69) is 5.10 Å². The van der Waals surface area contributed by atoms with Crippen LogP contribution in [0.1, 0.15) is 16.7 Å². The van der Waals surface area contributed by atoms with E-state index >= 15 is 0 Å². The summed E-state index contributed by atoms with van der Waals surface area (Å²) >= 11 is 11.4. The highest BCUT2D eigenvalue weighted by molar-refractivity contribution is 7.90. The van der Waals surface area contributed by atoms with Gasteiger partial charge in [0.05, 0.1) is 16.1 Å². The molecule has 0 amide bonds. The number of aromatic nitrogens is 2. The molecule has 0 spiro atoms. The number of rotatable bonds is 2. The molecular weight excluding hydrogens is 335 g/mol. The summed E-state index contributed by atoms with van der Waals surface area (Å²) < 4.78 is 25.7. The van der Waals surface area contributed by atoms with Crippen molar-refractivity contribution in [2.45, 2.75) is 25.7 Å². The third-order valence-corrected chi connectivity index (χ3v) is 5.56. The summed E-state index contributed by atoms with van der Waals surface area (Å²) in [6.45, 7) is 5.19. The van der Waals surface area contributed by atoms with Crippen LogP contribution in [0.25, 0.3) is 0 Å². The maximum absolute atomic E-state index is 12.7. The Morgan fingerprint density at radius 1 is 1.10 bits per heavy atom. The molecule has 0 fully saturated rings. The van der Waals surface area contributed by atoms with Gasteiger partial charge in [-0.2, -0.15) is 13.5 Å². The topological polar surface area (TPSA) is 69.0 Å². The Morgan fingerprint density at radius 3 is 2.14 bits per heavy atom. The summed E-state index contributed by atoms with van der Waals surface area (Å²) in [4.78, 5) is 12.0. The van der Waals surface area contributed by atoms with Gasteiger partial charge in [0.2, 0.25) is 0 Å². The van der Waals surface area contributed by atoms with Gasteiger partial charge in [0.15, 0.2) is 0 Å². The van der Waals surface area contributed by atoms with Crippen molar-refractivity contribution in [1.82, 2.24) is 9.19 Å². The van der Waals surface area contributed by atoms with Gasteiger partial charge in [0.25, 0.3) is 10.0 Å². The minimum absolute atomic E-state index is 0.0427. The third-order valence-electron chi connectivity index (χ3n) is 2.94. The van der Waals surface area contributed by atoms with Crippen molar-refractivity contribution in [3.8, 4) is 0 Å². The second-order valence-electron chi connectivity index (χ2n) is 4.69. The molecule has 0 bridgehead atoms. The fourth-order valence-electron chi connectivity index (χ4n) is 2.23. The first-order chi connectivity index (χ1) is 9.66. The first-order valence-corrected chi connectivity index (χ1v) is 8.12. The minimum Gasteiger partial charge on any atom is -0.265 e. The van der Waals surface area contributed by atoms with Crippen LogP contribution in [0.5, 0.6) is 0 Å². The van der Waals surface area contributed by atoms with E-state index in [1.165, 1.54) is 0 Å². The van der Waals surface area contributed by atoms with E-state index in [9.17, 15) is 13.2 Å². The Kier molecular flexibility index (Phi) is 4.15. The Bertz CT molecular complexity index is 866. The molecule has 112 valence electrons. The molecule has 0 unspecified atom stereocenters. The molecular formula is C13H12Cl2N2O3S. The lowest BCUT2D eigenvalue weighted by Crippen LogP contribution is -2.31. The van der Waals surface area contributed by atoms with Crippen molar-refractivity contribution in [1.29, 1.82) is 0 Å². The molecule has 1 heterocycles. The smallest absolute Gasteiger partial charge is 0.265 e. The minimum atomic E-state index is -4.14. The van der Waals surface area contributed by atoms with E-state index in [-0.39, 0.29) is 14.9 Å². The number of hydrogen-bond donors (Lipinski definition) is 0. The zero-order valence-corrected chi connectivity index (χ0v) is 13.8. The van der Waals surface area contributed by atoms with Crippen molar-refractivity contribution in [2.24, 2.45) is 0 Å². The Balaban J connectivity index is 2.82. The molecule has 1 aromatic carbocycles. The summed E-state index contributed by atoms with van der Waals surface area (Å²) in [5, 5.41) is 3.12. The number of halogens is 2. The lowest BCUT2D eigenvalue weighted by Gasteiger charge is -2.13. The highest BCUT2D eigenvalue weighted by atomic mass is 35.5. The molecule has 0 saturated carbocycles. The average molecular weight is 347 g/mol. The predicted octanol–water partition coefficient (Wildman–Crippen LogP) is 2.71. The van der Waals surface area contributed by atoms with Gasteiger partial charge >= 0.3 is 5.56 Å². The zero-order valence-electron chi connectivity index (χ0n) is 11.5. The maximum Gasteiger partial charge on any atom is 0.301 e. The number of nitrogens with zero attached hydrogens (tertiary/aromatic N) is 2. The van der Waals surface area contributed by atoms with Crippen molar-refractivity contribution in [3.05, 3.63) is 55.4 Å². The first kappa shape index (κ1) is 16.0. The molecule has 0 radical (unpaired) electrons. The normalized spacial score (nSPS) is 11.7. The molecule has 0 aliphatic rings. The average Bonchev–Trinajstić information content (AvgIpc) is 2.33. The molecule has 0 aliphatic heterocycles. The van der Waals surface area contributed by atoms with Gasteiger partial charge in [0.1, 0.15) is 5.02 Å². The van der Waals surface area contributed by atoms with Crippen LogP contribution in [0.3, 0.4) is 0 Å². The third kappa shape index (κ3) is 2.71. The Hall–Kier alpha value is -1.37. The second-order valence-corrected chi connectivity index (χ2v) is 7.18. The van der Waals surface area contributed by atoms with Crippen molar-refractivity contribution in [2.75, 3.05) is 0 Å². The van der Waals surface area contributed by atoms with Gasteiger partial charge < -0.3 is 0 Å². The fourth-order valence-corrected chi connectivity index (χ4v) is 4.12. The molecule has 5 nitrogen and oxygen atoms in total. The van der Waals surface area contributed by atoms with E-state index in [0.29, 0.717) is 15.2 Å². The highest BCUT2D eigenvalue weighted by Gasteiger charge is 2.25. The van der Waals surface area contributed by atoms with Gasteiger partial charge in [0, 0.05) is 0 Å². The van der Waals surface area contributed by atoms with Crippen LogP contribution in [-0.2, 0) is 10.0 Å². The fraction of sp³-hybridized carbons (Fsp3) is 0.231. The van der Waals surface area contributed by atoms with Crippen LogP contribution >= 0.6 is 23.2 Å². The van der Waals surface area contributed by atoms with Crippen molar-refractivity contribution in [3.63, 3.8) is 0 Å². The summed E-state index contributed by atoms with van der Waals surface area (Å²) in [7, 11) is -4.14. The molecule has 0 N–H and O–H groups in total. The predicted molar refractivity (Wildman–Crippen MR) is 81.8 cm³/mol. The van der Waals surface area contributed by atoms with Crippen LogP contribution in [0.4, 0.5) is 0 Å². The van der Waals surface area contributed by atoms with Gasteiger partial charge in [-0.1, -0.05) is 40.9 Å². The Labute approximate surface area is 132 Å². The first-order valence-electron chi connectivity index (χ1n) is 5.93. The molecule has 0 aliphatic carbocycles. The van der Waals surface area contributed by atoms with Crippen LogP contribution in [-0.4, -0.2) is 17.6 Å². The van der Waals surface area contributed by atoms with Gasteiger partial charge in [-0.05, 0) is 31.9 Å². The summed E-state index contributed by atoms with van der Waals surface area (Å²) in [6.07, 6.45) is 1.03. The van der Waals surface area contributed by atoms with Gasteiger partial charge in [-0.15, -0.1) is 4.09 Å². The summed E-state index contributed by atoms with van der Waals surface area (Å²) in [6, 6.07) is 3.45. The van der Waals surface area contributed by atoms with E-state index in [1.54, 1.807) is 26.0 Å². The van der Waals surface area contributed by atoms with Crippen molar-refractivity contribution >= 4 is 33.2 Å². The lowest BCUT2D eigenvalue weighted by molar-refractivity contribution is 0.574. The molecule has 1 aromatic heterocycles. The van der Waals surface area contributed by atoms with E-state index < -0.39 is 15.6 Å². The summed E-state index contributed by atoms with van der Waals surface area (Å²) in [5.74, 6) is 0. The van der Waals surface area contributed by atoms with Crippen LogP contribution in [0, 0.1) is 20.8 Å². The quantitative estimate of drug-likeness (QED) is 0.838. The number of hydrogen-bond acceptors (Lipinski definition) is 4. The van der Waals surface area contributed by atoms with Crippen LogP contribution < -0.4 is 5.56 Å². The number of benzene rings is 1. The highest BCUT2D eigenvalue weighted by Crippen LogP contribution is 2.24. The maximum atomic E-state index is 12.7. The van der Waals surface area contributed by atoms with Crippen LogP contribution in [0.15, 0.2) is 28.0 Å². The molecule has 0 atom stereocenters. The largest absolute Gasteiger partial charge is 0.301 e. The SMILES string of the molecule is Cc1cc(C)c(S(=O)(=O)n2ncc(Cl)c(Cl)c2=O)c(C)c1. The standard InChI is InChI=1S/C13H12Cl2N2O3S/c1-7-4-8(2)12(9(3)5-7)21(19,20)17-13(18)11(15)10(14)6-16-17/h4-6H,1-3H3. The monoisotopic (exact) mass is 346 g/mol. The second kappa shape index (κ2) is 5.44. The van der Waals surface area contributed by atoms with E-state index in [1.807, 2.05) is 6.92 Å². The van der Waals surface area contributed by atoms with Crippen LogP contribution in [0.2, 0.25) is 10.0 Å². The molecule has 21 heavy (non-hydrogen) atoms. The molecule has 2 rings (SSSR count).